The van der Waals surface area contributed by atoms with Crippen LogP contribution in [0.25, 0.3) is 5.76 Å². The molecule has 3 aromatic carbocycles. The highest BCUT2D eigenvalue weighted by molar-refractivity contribution is 6.46. The highest BCUT2D eigenvalue weighted by atomic mass is 16.5. The number of nitrogens with zero attached hydrogens (tertiary/aromatic N) is 1. The Balaban J connectivity index is 1.81. The van der Waals surface area contributed by atoms with Crippen molar-refractivity contribution in [3.8, 4) is 23.0 Å². The normalized spacial score (nSPS) is 16.4. The van der Waals surface area contributed by atoms with E-state index in [9.17, 15) is 14.7 Å². The molecule has 4 rings (SSSR count). The standard InChI is InChI=1S/C32H35NO7/c1-6-38-25-16-17-26(27(18-25)39-7-2)30(34)28-29(22-10-14-23(37-5)15-11-22)33(32(36)31(28)35)19-21-8-12-24(13-9-21)40-20(3)4/h8-18,20,29,34H,6-7,19H2,1-5H3/b30-28-. The van der Waals surface area contributed by atoms with Crippen molar-refractivity contribution in [3.63, 3.8) is 0 Å². The monoisotopic (exact) mass is 545 g/mol. The molecule has 0 saturated carbocycles. The lowest BCUT2D eigenvalue weighted by Crippen LogP contribution is -2.29. The number of rotatable bonds is 11. The van der Waals surface area contributed by atoms with Crippen molar-refractivity contribution >= 4 is 17.4 Å². The van der Waals surface area contributed by atoms with Crippen LogP contribution in [0.3, 0.4) is 0 Å². The van der Waals surface area contributed by atoms with Gasteiger partial charge in [-0.2, -0.15) is 0 Å². The Bertz CT molecular complexity index is 1380. The number of benzene rings is 3. The zero-order valence-electron chi connectivity index (χ0n) is 23.5. The molecule has 1 N–H and O–H groups in total. The van der Waals surface area contributed by atoms with Crippen molar-refractivity contribution in [2.24, 2.45) is 0 Å². The van der Waals surface area contributed by atoms with Gasteiger partial charge in [0.05, 0.1) is 43.6 Å². The lowest BCUT2D eigenvalue weighted by Gasteiger charge is -2.26. The zero-order chi connectivity index (χ0) is 28.8. The number of aliphatic hydroxyl groups excluding tert-OH is 1. The van der Waals surface area contributed by atoms with Crippen LogP contribution < -0.4 is 18.9 Å². The fourth-order valence-electron chi connectivity index (χ4n) is 4.69. The number of aliphatic hydroxyl groups is 1. The lowest BCUT2D eigenvalue weighted by atomic mass is 9.94. The Hall–Kier alpha value is -4.46. The minimum Gasteiger partial charge on any atom is -0.507 e. The second-order valence-electron chi connectivity index (χ2n) is 9.53. The topological polar surface area (TPSA) is 94.5 Å². The molecule has 40 heavy (non-hydrogen) atoms. The van der Waals surface area contributed by atoms with Gasteiger partial charge in [0, 0.05) is 12.6 Å². The van der Waals surface area contributed by atoms with E-state index in [0.29, 0.717) is 47.3 Å². The Morgan fingerprint density at radius 3 is 2.10 bits per heavy atom. The quantitative estimate of drug-likeness (QED) is 0.182. The minimum atomic E-state index is -0.835. The molecule has 1 saturated heterocycles. The Kier molecular flexibility index (Phi) is 8.99. The highest BCUT2D eigenvalue weighted by Gasteiger charge is 2.46. The summed E-state index contributed by atoms with van der Waals surface area (Å²) in [4.78, 5) is 28.5. The summed E-state index contributed by atoms with van der Waals surface area (Å²) in [5.74, 6) is 0.487. The van der Waals surface area contributed by atoms with Crippen LogP contribution in [0.5, 0.6) is 23.0 Å². The molecule has 8 nitrogen and oxygen atoms in total. The van der Waals surface area contributed by atoms with Crippen LogP contribution >= 0.6 is 0 Å². The number of Topliss-reactive ketones (excluding diaryl/α,β-unsaturated/α-hetero) is 1. The van der Waals surface area contributed by atoms with E-state index in [0.717, 1.165) is 5.56 Å². The maximum absolute atomic E-state index is 13.5. The van der Waals surface area contributed by atoms with Gasteiger partial charge in [-0.3, -0.25) is 9.59 Å². The molecule has 0 radical (unpaired) electrons. The molecule has 1 atom stereocenters. The van der Waals surface area contributed by atoms with Gasteiger partial charge in [0.2, 0.25) is 0 Å². The molecular formula is C32H35NO7. The minimum absolute atomic E-state index is 0.0139. The predicted octanol–water partition coefficient (Wildman–Crippen LogP) is 5.90. The summed E-state index contributed by atoms with van der Waals surface area (Å²) in [6, 6.07) is 18.7. The van der Waals surface area contributed by atoms with Crippen molar-refractivity contribution in [1.29, 1.82) is 0 Å². The average Bonchev–Trinajstić information content (AvgIpc) is 3.19. The van der Waals surface area contributed by atoms with E-state index in [1.165, 1.54) is 4.90 Å². The van der Waals surface area contributed by atoms with Gasteiger partial charge in [0.25, 0.3) is 11.7 Å². The summed E-state index contributed by atoms with van der Waals surface area (Å²) >= 11 is 0. The van der Waals surface area contributed by atoms with Crippen LogP contribution in [0.15, 0.2) is 72.3 Å². The SMILES string of the molecule is CCOc1ccc(/C(O)=C2/C(=O)C(=O)N(Cc3ccc(OC(C)C)cc3)C2c2ccc(OC)cc2)c(OCC)c1. The first-order valence-electron chi connectivity index (χ1n) is 13.3. The second kappa shape index (κ2) is 12.6. The van der Waals surface area contributed by atoms with Crippen LogP contribution in [-0.2, 0) is 16.1 Å². The van der Waals surface area contributed by atoms with Gasteiger partial charge in [-0.15, -0.1) is 0 Å². The Morgan fingerprint density at radius 2 is 1.50 bits per heavy atom. The van der Waals surface area contributed by atoms with Crippen LogP contribution in [-0.4, -0.2) is 48.1 Å². The number of ether oxygens (including phenoxy) is 4. The molecule has 0 aromatic heterocycles. The van der Waals surface area contributed by atoms with E-state index in [-0.39, 0.29) is 24.0 Å². The predicted molar refractivity (Wildman–Crippen MR) is 152 cm³/mol. The van der Waals surface area contributed by atoms with Gasteiger partial charge in [0.15, 0.2) is 0 Å². The van der Waals surface area contributed by atoms with E-state index in [1.807, 2.05) is 52.0 Å². The Labute approximate surface area is 234 Å². The fraction of sp³-hybridized carbons (Fsp3) is 0.312. The van der Waals surface area contributed by atoms with Crippen LogP contribution in [0.1, 0.15) is 50.4 Å². The summed E-state index contributed by atoms with van der Waals surface area (Å²) in [6.45, 7) is 8.54. The van der Waals surface area contributed by atoms with Crippen molar-refractivity contribution in [1.82, 2.24) is 4.90 Å². The molecule has 1 heterocycles. The summed E-state index contributed by atoms with van der Waals surface area (Å²) in [5, 5.41) is 11.6. The molecule has 8 heteroatoms. The largest absolute Gasteiger partial charge is 0.507 e. The maximum Gasteiger partial charge on any atom is 0.295 e. The maximum atomic E-state index is 13.5. The molecule has 1 aliphatic heterocycles. The van der Waals surface area contributed by atoms with Gasteiger partial charge >= 0.3 is 0 Å². The summed E-state index contributed by atoms with van der Waals surface area (Å²) in [5.41, 5.74) is 1.76. The van der Waals surface area contributed by atoms with Gasteiger partial charge in [-0.25, -0.2) is 0 Å². The first-order valence-corrected chi connectivity index (χ1v) is 13.3. The third kappa shape index (κ3) is 6.06. The fourth-order valence-corrected chi connectivity index (χ4v) is 4.69. The summed E-state index contributed by atoms with van der Waals surface area (Å²) < 4.78 is 22.4. The van der Waals surface area contributed by atoms with E-state index in [1.54, 1.807) is 49.6 Å². The smallest absolute Gasteiger partial charge is 0.295 e. The van der Waals surface area contributed by atoms with Crippen LogP contribution in [0.2, 0.25) is 0 Å². The molecule has 3 aromatic rings. The van der Waals surface area contributed by atoms with Gasteiger partial charge < -0.3 is 29.0 Å². The average molecular weight is 546 g/mol. The summed E-state index contributed by atoms with van der Waals surface area (Å²) in [7, 11) is 1.56. The van der Waals surface area contributed by atoms with Crippen molar-refractivity contribution in [3.05, 3.63) is 89.0 Å². The first kappa shape index (κ1) is 28.5. The number of methoxy groups -OCH3 is 1. The van der Waals surface area contributed by atoms with E-state index < -0.39 is 17.7 Å². The van der Waals surface area contributed by atoms with Gasteiger partial charge in [0.1, 0.15) is 28.8 Å². The molecule has 1 unspecified atom stereocenters. The molecule has 1 aliphatic rings. The van der Waals surface area contributed by atoms with Gasteiger partial charge in [-0.1, -0.05) is 24.3 Å². The third-order valence-corrected chi connectivity index (χ3v) is 6.44. The number of hydrogen-bond acceptors (Lipinski definition) is 7. The van der Waals surface area contributed by atoms with E-state index in [4.69, 9.17) is 18.9 Å². The highest BCUT2D eigenvalue weighted by Crippen LogP contribution is 2.42. The first-order chi connectivity index (χ1) is 19.3. The number of hydrogen-bond donors (Lipinski definition) is 1. The van der Waals surface area contributed by atoms with Crippen LogP contribution in [0, 0.1) is 0 Å². The second-order valence-corrected chi connectivity index (χ2v) is 9.53. The molecule has 210 valence electrons. The third-order valence-electron chi connectivity index (χ3n) is 6.44. The van der Waals surface area contributed by atoms with Crippen molar-refractivity contribution in [2.45, 2.75) is 46.4 Å². The summed E-state index contributed by atoms with van der Waals surface area (Å²) in [6.07, 6.45) is 0.0305. The molecule has 0 bridgehead atoms. The van der Waals surface area contributed by atoms with Crippen molar-refractivity contribution in [2.75, 3.05) is 20.3 Å². The Morgan fingerprint density at radius 1 is 0.875 bits per heavy atom. The molecule has 1 amide bonds. The van der Waals surface area contributed by atoms with Crippen molar-refractivity contribution < 1.29 is 33.6 Å². The van der Waals surface area contributed by atoms with E-state index in [2.05, 4.69) is 0 Å². The number of ketones is 1. The molecule has 0 spiro atoms. The van der Waals surface area contributed by atoms with Gasteiger partial charge in [-0.05, 0) is 75.2 Å². The lowest BCUT2D eigenvalue weighted by molar-refractivity contribution is -0.140. The van der Waals surface area contributed by atoms with E-state index >= 15 is 0 Å². The molecular weight excluding hydrogens is 510 g/mol. The van der Waals surface area contributed by atoms with Crippen LogP contribution in [0.4, 0.5) is 0 Å². The number of amides is 1. The number of carbonyl (C=O) groups excluding carboxylic acids is 2. The zero-order valence-corrected chi connectivity index (χ0v) is 23.5. The number of carbonyl (C=O) groups is 2. The molecule has 0 aliphatic carbocycles. The number of likely N-dealkylation sites (tertiary alicyclic amines) is 1. The molecule has 1 fully saturated rings.